The molecule has 5 nitrogen and oxygen atoms in total. The molecule has 208 valence electrons. The summed E-state index contributed by atoms with van der Waals surface area (Å²) in [5, 5.41) is 41.2. The Labute approximate surface area is 262 Å². The van der Waals surface area contributed by atoms with Gasteiger partial charge in [0.25, 0.3) is 0 Å². The van der Waals surface area contributed by atoms with Crippen molar-refractivity contribution in [3.63, 3.8) is 0 Å². The second kappa shape index (κ2) is 8.97. The fourth-order valence-corrected chi connectivity index (χ4v) is 8.34. The van der Waals surface area contributed by atoms with Gasteiger partial charge in [0.05, 0.1) is 45.8 Å². The van der Waals surface area contributed by atoms with E-state index in [0.717, 1.165) is 22.1 Å². The van der Waals surface area contributed by atoms with Crippen molar-refractivity contribution in [2.24, 2.45) is 0 Å². The van der Waals surface area contributed by atoms with Gasteiger partial charge in [-0.25, -0.2) is 0 Å². The smallest absolute Gasteiger partial charge is 0.328 e. The van der Waals surface area contributed by atoms with Crippen LogP contribution in [0.15, 0.2) is 91.0 Å². The molecule has 0 amide bonds. The summed E-state index contributed by atoms with van der Waals surface area (Å²) in [6, 6.07) is 39.9. The summed E-state index contributed by atoms with van der Waals surface area (Å²) >= 11 is 0. The van der Waals surface area contributed by atoms with Crippen molar-refractivity contribution < 1.29 is 0 Å². The van der Waals surface area contributed by atoms with Crippen LogP contribution < -0.4 is 15.7 Å². The molecule has 0 aromatic heterocycles. The van der Waals surface area contributed by atoms with E-state index in [0.29, 0.717) is 33.6 Å². The summed E-state index contributed by atoms with van der Waals surface area (Å²) in [5.41, 5.74) is 11.6. The van der Waals surface area contributed by atoms with Crippen LogP contribution in [0.2, 0.25) is 0 Å². The fourth-order valence-electron chi connectivity index (χ4n) is 8.34. The molecule has 0 bridgehead atoms. The molecule has 5 aromatic carbocycles. The SMILES string of the molecule is CC1(C)c2cc(C#N)cc(C#N)c2N(B2c3ccccc3C3(C)c4ccccc4-c4cccc2c43)c2c(C#N)cc(C#N)cc21. The molecular weight excluding hydrogens is 549 g/mol. The lowest BCUT2D eigenvalue weighted by Crippen LogP contribution is -2.63. The largest absolute Gasteiger partial charge is 0.374 e. The van der Waals surface area contributed by atoms with Gasteiger partial charge in [-0.2, -0.15) is 21.0 Å². The minimum Gasteiger partial charge on any atom is -0.374 e. The summed E-state index contributed by atoms with van der Waals surface area (Å²) in [6.07, 6.45) is 0. The topological polar surface area (TPSA) is 98.4 Å². The standard InChI is InChI=1S/C39H24BN5/c1-38(2)31-17-23(19-41)15-25(21-43)36(31)45(37-26(22-44)16-24(20-42)18-32(37)38)40-33-13-7-6-12-30(33)39(3)29-11-5-4-9-27(29)28-10-8-14-34(40)35(28)39/h4-18H,1-3H3. The van der Waals surface area contributed by atoms with Gasteiger partial charge in [-0.15, -0.1) is 0 Å². The number of anilines is 2. The predicted molar refractivity (Wildman–Crippen MR) is 175 cm³/mol. The lowest BCUT2D eigenvalue weighted by Gasteiger charge is -2.48. The quantitative estimate of drug-likeness (QED) is 0.216. The molecule has 2 aliphatic heterocycles. The zero-order chi connectivity index (χ0) is 31.2. The number of hydrogen-bond donors (Lipinski definition) is 0. The molecule has 2 heterocycles. The van der Waals surface area contributed by atoms with E-state index in [9.17, 15) is 21.0 Å². The second-order valence-corrected chi connectivity index (χ2v) is 12.7. The monoisotopic (exact) mass is 573 g/mol. The van der Waals surface area contributed by atoms with Gasteiger partial charge in [0.15, 0.2) is 0 Å². The average Bonchev–Trinajstić information content (AvgIpc) is 3.35. The van der Waals surface area contributed by atoms with Crippen molar-refractivity contribution in [3.8, 4) is 35.4 Å². The molecule has 3 aliphatic rings. The molecule has 1 aliphatic carbocycles. The third-order valence-electron chi connectivity index (χ3n) is 10.2. The Morgan fingerprint density at radius 2 is 1.09 bits per heavy atom. The number of fused-ring (bicyclic) bond motifs is 7. The van der Waals surface area contributed by atoms with E-state index >= 15 is 0 Å². The highest BCUT2D eigenvalue weighted by Gasteiger charge is 2.53. The van der Waals surface area contributed by atoms with Crippen molar-refractivity contribution in [2.45, 2.75) is 31.6 Å². The Morgan fingerprint density at radius 3 is 1.69 bits per heavy atom. The van der Waals surface area contributed by atoms with Gasteiger partial charge in [-0.1, -0.05) is 80.6 Å². The second-order valence-electron chi connectivity index (χ2n) is 12.7. The molecule has 0 N–H and O–H groups in total. The fraction of sp³-hybridized carbons (Fsp3) is 0.128. The molecular formula is C39H24BN5. The van der Waals surface area contributed by atoms with Crippen LogP contribution in [0.3, 0.4) is 0 Å². The van der Waals surface area contributed by atoms with Crippen molar-refractivity contribution in [3.05, 3.63) is 141 Å². The van der Waals surface area contributed by atoms with E-state index in [4.69, 9.17) is 0 Å². The van der Waals surface area contributed by atoms with Gasteiger partial charge in [0.2, 0.25) is 0 Å². The van der Waals surface area contributed by atoms with Crippen LogP contribution in [-0.4, -0.2) is 6.85 Å². The molecule has 0 saturated heterocycles. The molecule has 45 heavy (non-hydrogen) atoms. The van der Waals surface area contributed by atoms with Crippen molar-refractivity contribution >= 4 is 29.1 Å². The minimum atomic E-state index is -0.713. The van der Waals surface area contributed by atoms with Crippen LogP contribution in [-0.2, 0) is 10.8 Å². The molecule has 6 heteroatoms. The van der Waals surface area contributed by atoms with Crippen LogP contribution in [0.1, 0.15) is 70.8 Å². The summed E-state index contributed by atoms with van der Waals surface area (Å²) in [7, 11) is 0. The highest BCUT2D eigenvalue weighted by molar-refractivity contribution is 6.90. The highest BCUT2D eigenvalue weighted by Crippen LogP contribution is 2.56. The van der Waals surface area contributed by atoms with Gasteiger partial charge in [-0.3, -0.25) is 0 Å². The number of rotatable bonds is 1. The van der Waals surface area contributed by atoms with Crippen LogP contribution in [0.5, 0.6) is 0 Å². The maximum Gasteiger partial charge on any atom is 0.328 e. The molecule has 0 radical (unpaired) electrons. The van der Waals surface area contributed by atoms with Crippen molar-refractivity contribution in [1.82, 2.24) is 0 Å². The summed E-state index contributed by atoms with van der Waals surface area (Å²) < 4.78 is 0. The van der Waals surface area contributed by atoms with E-state index < -0.39 is 17.7 Å². The first-order valence-electron chi connectivity index (χ1n) is 14.9. The van der Waals surface area contributed by atoms with Gasteiger partial charge >= 0.3 is 6.85 Å². The van der Waals surface area contributed by atoms with Gasteiger partial charge in [0.1, 0.15) is 12.1 Å². The van der Waals surface area contributed by atoms with Crippen molar-refractivity contribution in [1.29, 1.82) is 21.0 Å². The molecule has 1 unspecified atom stereocenters. The average molecular weight is 573 g/mol. The van der Waals surface area contributed by atoms with Crippen LogP contribution >= 0.6 is 0 Å². The molecule has 5 aromatic rings. The van der Waals surface area contributed by atoms with E-state index in [2.05, 4.69) is 103 Å². The Bertz CT molecular complexity index is 2260. The number of nitrogens with zero attached hydrogens (tertiary/aromatic N) is 5. The van der Waals surface area contributed by atoms with Crippen molar-refractivity contribution in [2.75, 3.05) is 4.81 Å². The van der Waals surface area contributed by atoms with E-state index in [1.165, 1.54) is 27.8 Å². The Balaban J connectivity index is 1.56. The molecule has 0 saturated carbocycles. The van der Waals surface area contributed by atoms with Gasteiger partial charge < -0.3 is 4.81 Å². The Morgan fingerprint density at radius 1 is 0.556 bits per heavy atom. The summed E-state index contributed by atoms with van der Waals surface area (Å²) in [4.78, 5) is 2.16. The Hall–Kier alpha value is -6.08. The first kappa shape index (κ1) is 26.5. The third-order valence-corrected chi connectivity index (χ3v) is 10.2. The molecule has 0 fully saturated rings. The van der Waals surface area contributed by atoms with E-state index in [1.54, 1.807) is 12.1 Å². The number of benzene rings is 5. The number of nitriles is 4. The first-order valence-corrected chi connectivity index (χ1v) is 14.9. The zero-order valence-electron chi connectivity index (χ0n) is 25.0. The zero-order valence-corrected chi connectivity index (χ0v) is 25.0. The van der Waals surface area contributed by atoms with E-state index in [-0.39, 0.29) is 0 Å². The van der Waals surface area contributed by atoms with Crippen LogP contribution in [0.4, 0.5) is 11.4 Å². The van der Waals surface area contributed by atoms with Gasteiger partial charge in [0, 0.05) is 10.8 Å². The maximum atomic E-state index is 10.6. The molecule has 0 spiro atoms. The highest BCUT2D eigenvalue weighted by atomic mass is 15.1. The van der Waals surface area contributed by atoms with Crippen LogP contribution in [0.25, 0.3) is 11.1 Å². The normalized spacial score (nSPS) is 17.3. The van der Waals surface area contributed by atoms with Crippen LogP contribution in [0, 0.1) is 45.3 Å². The third kappa shape index (κ3) is 3.19. The molecule has 1 atom stereocenters. The summed E-state index contributed by atoms with van der Waals surface area (Å²) in [5.74, 6) is 0. The first-order chi connectivity index (χ1) is 21.8. The molecule has 8 rings (SSSR count). The van der Waals surface area contributed by atoms with E-state index in [1.807, 2.05) is 26.0 Å². The maximum absolute atomic E-state index is 10.6. The minimum absolute atomic E-state index is 0.373. The Kier molecular flexibility index (Phi) is 5.29. The number of hydrogen-bond acceptors (Lipinski definition) is 5. The predicted octanol–water partition coefficient (Wildman–Crippen LogP) is 6.40. The lowest BCUT2D eigenvalue weighted by atomic mass is 9.40. The summed E-state index contributed by atoms with van der Waals surface area (Å²) in [6.45, 7) is 5.98. The van der Waals surface area contributed by atoms with Gasteiger partial charge in [-0.05, 0) is 81.1 Å². The lowest BCUT2D eigenvalue weighted by molar-refractivity contribution is 0.632.